The Morgan fingerprint density at radius 2 is 1.82 bits per heavy atom. The Hall–Kier alpha value is -0.340. The molecule has 64 valence electrons. The van der Waals surface area contributed by atoms with Crippen molar-refractivity contribution in [2.75, 3.05) is 14.1 Å². The van der Waals surface area contributed by atoms with E-state index >= 15 is 0 Å². The molecule has 0 amide bonds. The summed E-state index contributed by atoms with van der Waals surface area (Å²) in [4.78, 5) is 2.17. The maximum atomic E-state index is 5.63. The highest BCUT2D eigenvalue weighted by molar-refractivity contribution is 5.03. The molecule has 11 heavy (non-hydrogen) atoms. The Labute approximate surface area is 68.8 Å². The van der Waals surface area contributed by atoms with E-state index < -0.39 is 0 Å². The number of likely N-dealkylation sites (N-methyl/N-ethyl adjacent to an activating group) is 1. The molecule has 1 rings (SSSR count). The third-order valence-electron chi connectivity index (χ3n) is 2.09. The maximum absolute atomic E-state index is 5.63. The normalized spacial score (nSPS) is 38.1. The highest BCUT2D eigenvalue weighted by Crippen LogP contribution is 2.15. The van der Waals surface area contributed by atoms with Gasteiger partial charge in [-0.1, -0.05) is 12.2 Å². The first kappa shape index (κ1) is 8.75. The van der Waals surface area contributed by atoms with Gasteiger partial charge in [0.1, 0.15) is 0 Å². The van der Waals surface area contributed by atoms with Crippen molar-refractivity contribution in [3.63, 3.8) is 0 Å². The molecule has 0 radical (unpaired) electrons. The molecular weight excluding hydrogens is 138 g/mol. The lowest BCUT2D eigenvalue weighted by Gasteiger charge is -2.32. The third-order valence-corrected chi connectivity index (χ3v) is 2.09. The van der Waals surface area contributed by atoms with E-state index in [0.29, 0.717) is 12.1 Å². The summed E-state index contributed by atoms with van der Waals surface area (Å²) in [5, 5.41) is 0. The lowest BCUT2D eigenvalue weighted by atomic mass is 10.1. The van der Waals surface area contributed by atoms with Crippen LogP contribution in [0.5, 0.6) is 0 Å². The van der Waals surface area contributed by atoms with Crippen LogP contribution in [0.15, 0.2) is 12.2 Å². The first-order valence-corrected chi connectivity index (χ1v) is 4.11. The fourth-order valence-electron chi connectivity index (χ4n) is 1.48. The Balaban J connectivity index is 2.61. The van der Waals surface area contributed by atoms with Gasteiger partial charge in [-0.15, -0.1) is 0 Å². The number of nitrogens with zero attached hydrogens (tertiary/aromatic N) is 1. The van der Waals surface area contributed by atoms with Crippen LogP contribution in [0, 0.1) is 0 Å². The largest absolute Gasteiger partial charge is 0.370 e. The first-order valence-electron chi connectivity index (χ1n) is 4.11. The van der Waals surface area contributed by atoms with Crippen LogP contribution in [0.2, 0.25) is 0 Å². The molecule has 0 fully saturated rings. The van der Waals surface area contributed by atoms with E-state index in [1.807, 2.05) is 0 Å². The van der Waals surface area contributed by atoms with Crippen LogP contribution in [0.3, 0.4) is 0 Å². The van der Waals surface area contributed by atoms with Gasteiger partial charge in [-0.2, -0.15) is 0 Å². The maximum Gasteiger partial charge on any atom is 0.0745 e. The van der Waals surface area contributed by atoms with Crippen LogP contribution in [-0.4, -0.2) is 37.2 Å². The number of ether oxygens (including phenoxy) is 1. The third kappa shape index (κ3) is 2.04. The highest BCUT2D eigenvalue weighted by atomic mass is 16.5. The topological polar surface area (TPSA) is 12.5 Å². The van der Waals surface area contributed by atoms with Gasteiger partial charge in [-0.3, -0.25) is 0 Å². The highest BCUT2D eigenvalue weighted by Gasteiger charge is 2.22. The van der Waals surface area contributed by atoms with Crippen molar-refractivity contribution < 1.29 is 4.74 Å². The number of rotatable bonds is 1. The molecule has 0 bridgehead atoms. The molecule has 0 aliphatic carbocycles. The second-order valence-electron chi connectivity index (χ2n) is 3.39. The molecule has 0 saturated carbocycles. The van der Waals surface area contributed by atoms with Gasteiger partial charge < -0.3 is 9.64 Å². The minimum absolute atomic E-state index is 0.279. The van der Waals surface area contributed by atoms with E-state index in [2.05, 4.69) is 45.0 Å². The van der Waals surface area contributed by atoms with Gasteiger partial charge in [0.05, 0.1) is 18.2 Å². The summed E-state index contributed by atoms with van der Waals surface area (Å²) in [6.45, 7) is 4.18. The first-order chi connectivity index (χ1) is 5.11. The lowest BCUT2D eigenvalue weighted by Crippen LogP contribution is -2.41. The molecule has 1 heterocycles. The molecule has 3 unspecified atom stereocenters. The zero-order valence-electron chi connectivity index (χ0n) is 7.74. The van der Waals surface area contributed by atoms with Crippen LogP contribution in [0.1, 0.15) is 13.8 Å². The van der Waals surface area contributed by atoms with Gasteiger partial charge in [-0.25, -0.2) is 0 Å². The molecule has 0 N–H and O–H groups in total. The van der Waals surface area contributed by atoms with Gasteiger partial charge in [0, 0.05) is 0 Å². The summed E-state index contributed by atoms with van der Waals surface area (Å²) in [6.07, 6.45) is 4.93. The Kier molecular flexibility index (Phi) is 2.68. The fraction of sp³-hybridized carbons (Fsp3) is 0.778. The van der Waals surface area contributed by atoms with Gasteiger partial charge in [0.15, 0.2) is 0 Å². The smallest absolute Gasteiger partial charge is 0.0745 e. The summed E-state index contributed by atoms with van der Waals surface area (Å²) in [5.74, 6) is 0. The predicted molar refractivity (Wildman–Crippen MR) is 46.6 cm³/mol. The zero-order chi connectivity index (χ0) is 8.43. The molecule has 1 aliphatic heterocycles. The van der Waals surface area contributed by atoms with Crippen LogP contribution < -0.4 is 0 Å². The molecule has 1 aliphatic rings. The van der Waals surface area contributed by atoms with Crippen molar-refractivity contribution in [2.45, 2.75) is 32.1 Å². The van der Waals surface area contributed by atoms with Crippen LogP contribution in [-0.2, 0) is 4.74 Å². The Morgan fingerprint density at radius 3 is 2.27 bits per heavy atom. The van der Waals surface area contributed by atoms with Gasteiger partial charge >= 0.3 is 0 Å². The SMILES string of the molecule is CC1C=CC(N(C)C)C(C)O1. The Bertz CT molecular complexity index is 154. The summed E-state index contributed by atoms with van der Waals surface area (Å²) < 4.78 is 5.63. The second kappa shape index (κ2) is 3.37. The number of hydrogen-bond donors (Lipinski definition) is 0. The van der Waals surface area contributed by atoms with Crippen LogP contribution in [0.25, 0.3) is 0 Å². The van der Waals surface area contributed by atoms with Crippen molar-refractivity contribution in [3.05, 3.63) is 12.2 Å². The van der Waals surface area contributed by atoms with E-state index in [1.165, 1.54) is 0 Å². The fourth-order valence-corrected chi connectivity index (χ4v) is 1.48. The van der Waals surface area contributed by atoms with E-state index in [1.54, 1.807) is 0 Å². The molecular formula is C9H17NO. The second-order valence-corrected chi connectivity index (χ2v) is 3.39. The lowest BCUT2D eigenvalue weighted by molar-refractivity contribution is -0.0110. The molecule has 0 aromatic heterocycles. The number of hydrogen-bond acceptors (Lipinski definition) is 2. The van der Waals surface area contributed by atoms with E-state index in [9.17, 15) is 0 Å². The average molecular weight is 155 g/mol. The van der Waals surface area contributed by atoms with Crippen LogP contribution >= 0.6 is 0 Å². The minimum atomic E-state index is 0.279. The van der Waals surface area contributed by atoms with Crippen molar-refractivity contribution in [1.82, 2.24) is 4.90 Å². The standard InChI is InChI=1S/C9H17NO/c1-7-5-6-9(10(3)4)8(2)11-7/h5-9H,1-4H3. The van der Waals surface area contributed by atoms with E-state index in [4.69, 9.17) is 4.74 Å². The van der Waals surface area contributed by atoms with Crippen LogP contribution in [0.4, 0.5) is 0 Å². The average Bonchev–Trinajstić information content (AvgIpc) is 1.85. The van der Waals surface area contributed by atoms with Crippen molar-refractivity contribution in [2.24, 2.45) is 0 Å². The molecule has 0 saturated heterocycles. The molecule has 3 atom stereocenters. The summed E-state index contributed by atoms with van der Waals surface area (Å²) in [6, 6.07) is 0.436. The zero-order valence-corrected chi connectivity index (χ0v) is 7.74. The van der Waals surface area contributed by atoms with Gasteiger partial charge in [0.25, 0.3) is 0 Å². The minimum Gasteiger partial charge on any atom is -0.370 e. The molecule has 2 heteroatoms. The van der Waals surface area contributed by atoms with Gasteiger partial charge in [-0.05, 0) is 27.9 Å². The van der Waals surface area contributed by atoms with Crippen molar-refractivity contribution >= 4 is 0 Å². The summed E-state index contributed by atoms with van der Waals surface area (Å²) >= 11 is 0. The molecule has 0 aromatic rings. The van der Waals surface area contributed by atoms with E-state index in [-0.39, 0.29) is 6.10 Å². The van der Waals surface area contributed by atoms with Crippen molar-refractivity contribution in [1.29, 1.82) is 0 Å². The van der Waals surface area contributed by atoms with E-state index in [0.717, 1.165) is 0 Å². The summed E-state index contributed by atoms with van der Waals surface area (Å²) in [7, 11) is 4.15. The molecule has 2 nitrogen and oxygen atoms in total. The molecule has 0 spiro atoms. The van der Waals surface area contributed by atoms with Gasteiger partial charge in [0.2, 0.25) is 0 Å². The quantitative estimate of drug-likeness (QED) is 0.529. The monoisotopic (exact) mass is 155 g/mol. The van der Waals surface area contributed by atoms with Crippen molar-refractivity contribution in [3.8, 4) is 0 Å². The molecule has 0 aromatic carbocycles. The predicted octanol–water partition coefficient (Wildman–Crippen LogP) is 1.28. The summed E-state index contributed by atoms with van der Waals surface area (Å²) in [5.41, 5.74) is 0. The Morgan fingerprint density at radius 1 is 1.18 bits per heavy atom.